The first-order valence-electron chi connectivity index (χ1n) is 5.77. The van der Waals surface area contributed by atoms with Gasteiger partial charge in [0.2, 0.25) is 0 Å². The van der Waals surface area contributed by atoms with Crippen molar-refractivity contribution in [3.63, 3.8) is 0 Å². The molecule has 4 nitrogen and oxygen atoms in total. The summed E-state index contributed by atoms with van der Waals surface area (Å²) in [5.41, 5.74) is 6.90. The maximum Gasteiger partial charge on any atom is 0.135 e. The molecule has 0 aliphatic rings. The van der Waals surface area contributed by atoms with Gasteiger partial charge in [0.1, 0.15) is 18.0 Å². The zero-order valence-electron chi connectivity index (χ0n) is 11.2. The van der Waals surface area contributed by atoms with Crippen LogP contribution in [0.2, 0.25) is 0 Å². The molecule has 0 saturated heterocycles. The lowest BCUT2D eigenvalue weighted by Crippen LogP contribution is -2.27. The van der Waals surface area contributed by atoms with Gasteiger partial charge < -0.3 is 11.1 Å². The number of nitrogens with one attached hydrogen (secondary N) is 1. The minimum Gasteiger partial charge on any atom is -0.383 e. The fourth-order valence-electron chi connectivity index (χ4n) is 1.49. The smallest absolute Gasteiger partial charge is 0.135 e. The SMILES string of the molecule is CSC(C)(C)CNc1ncnc(N)c1C(C)C. The summed E-state index contributed by atoms with van der Waals surface area (Å²) in [4.78, 5) is 8.33. The van der Waals surface area contributed by atoms with Crippen LogP contribution in [0.15, 0.2) is 6.33 Å². The number of nitrogens with zero attached hydrogens (tertiary/aromatic N) is 2. The van der Waals surface area contributed by atoms with E-state index in [2.05, 4.69) is 49.2 Å². The van der Waals surface area contributed by atoms with Crippen molar-refractivity contribution in [2.75, 3.05) is 23.9 Å². The third-order valence-corrected chi connectivity index (χ3v) is 3.98. The number of nitrogen functional groups attached to an aromatic ring is 1. The first-order valence-corrected chi connectivity index (χ1v) is 6.99. The molecule has 0 bridgehead atoms. The first kappa shape index (κ1) is 14.1. The number of rotatable bonds is 5. The highest BCUT2D eigenvalue weighted by Crippen LogP contribution is 2.28. The molecular weight excluding hydrogens is 232 g/mol. The van der Waals surface area contributed by atoms with Crippen LogP contribution < -0.4 is 11.1 Å². The van der Waals surface area contributed by atoms with Crippen LogP contribution in [-0.4, -0.2) is 27.5 Å². The van der Waals surface area contributed by atoms with Crippen LogP contribution in [-0.2, 0) is 0 Å². The van der Waals surface area contributed by atoms with Gasteiger partial charge >= 0.3 is 0 Å². The van der Waals surface area contributed by atoms with Gasteiger partial charge in [-0.2, -0.15) is 11.8 Å². The highest BCUT2D eigenvalue weighted by molar-refractivity contribution is 7.99. The van der Waals surface area contributed by atoms with Crippen LogP contribution in [0.5, 0.6) is 0 Å². The Labute approximate surface area is 108 Å². The van der Waals surface area contributed by atoms with Crippen molar-refractivity contribution < 1.29 is 0 Å². The second-order valence-corrected chi connectivity index (χ2v) is 6.51. The summed E-state index contributed by atoms with van der Waals surface area (Å²) in [6, 6.07) is 0. The Kier molecular flexibility index (Phi) is 4.62. The Morgan fingerprint density at radius 1 is 1.41 bits per heavy atom. The van der Waals surface area contributed by atoms with Gasteiger partial charge in [0.15, 0.2) is 0 Å². The topological polar surface area (TPSA) is 63.8 Å². The molecule has 0 saturated carbocycles. The van der Waals surface area contributed by atoms with Crippen molar-refractivity contribution in [1.29, 1.82) is 0 Å². The molecule has 96 valence electrons. The van der Waals surface area contributed by atoms with Crippen molar-refractivity contribution in [2.24, 2.45) is 0 Å². The van der Waals surface area contributed by atoms with E-state index < -0.39 is 0 Å². The molecule has 0 unspecified atom stereocenters. The zero-order chi connectivity index (χ0) is 13.1. The van der Waals surface area contributed by atoms with Gasteiger partial charge in [-0.05, 0) is 26.0 Å². The van der Waals surface area contributed by atoms with Gasteiger partial charge in [-0.3, -0.25) is 0 Å². The summed E-state index contributed by atoms with van der Waals surface area (Å²) in [7, 11) is 0. The van der Waals surface area contributed by atoms with Crippen molar-refractivity contribution in [1.82, 2.24) is 9.97 Å². The number of hydrogen-bond donors (Lipinski definition) is 2. The molecule has 3 N–H and O–H groups in total. The molecule has 0 aliphatic carbocycles. The van der Waals surface area contributed by atoms with Gasteiger partial charge in [-0.1, -0.05) is 13.8 Å². The Balaban J connectivity index is 2.88. The average Bonchev–Trinajstić information content (AvgIpc) is 2.26. The number of hydrogen-bond acceptors (Lipinski definition) is 5. The molecule has 0 amide bonds. The van der Waals surface area contributed by atoms with Crippen LogP contribution in [0.4, 0.5) is 11.6 Å². The third-order valence-electron chi connectivity index (χ3n) is 2.73. The van der Waals surface area contributed by atoms with E-state index in [1.807, 2.05) is 11.8 Å². The second-order valence-electron chi connectivity index (χ2n) is 4.99. The molecule has 1 aromatic heterocycles. The van der Waals surface area contributed by atoms with E-state index in [-0.39, 0.29) is 4.75 Å². The maximum absolute atomic E-state index is 5.90. The van der Waals surface area contributed by atoms with Gasteiger partial charge in [0, 0.05) is 16.9 Å². The van der Waals surface area contributed by atoms with Crippen molar-refractivity contribution in [2.45, 2.75) is 38.4 Å². The van der Waals surface area contributed by atoms with Crippen molar-refractivity contribution in [3.05, 3.63) is 11.9 Å². The van der Waals surface area contributed by atoms with E-state index >= 15 is 0 Å². The predicted octanol–water partition coefficient (Wildman–Crippen LogP) is 2.74. The van der Waals surface area contributed by atoms with Crippen molar-refractivity contribution >= 4 is 23.4 Å². The monoisotopic (exact) mass is 254 g/mol. The van der Waals surface area contributed by atoms with Crippen LogP contribution in [0.1, 0.15) is 39.2 Å². The van der Waals surface area contributed by atoms with E-state index in [1.165, 1.54) is 6.33 Å². The van der Waals surface area contributed by atoms with Gasteiger partial charge in [-0.15, -0.1) is 0 Å². The molecule has 5 heteroatoms. The third kappa shape index (κ3) is 3.77. The summed E-state index contributed by atoms with van der Waals surface area (Å²) in [5, 5.41) is 3.37. The Morgan fingerprint density at radius 2 is 2.06 bits per heavy atom. The molecule has 0 spiro atoms. The van der Waals surface area contributed by atoms with Crippen LogP contribution in [0.3, 0.4) is 0 Å². The standard InChI is InChI=1S/C12H22N4S/c1-8(2)9-10(13)15-7-16-11(9)14-6-12(3,4)17-5/h7-8H,6H2,1-5H3,(H3,13,14,15,16). The molecule has 1 heterocycles. The lowest BCUT2D eigenvalue weighted by atomic mass is 10.0. The summed E-state index contributed by atoms with van der Waals surface area (Å²) in [6.45, 7) is 9.44. The number of anilines is 2. The lowest BCUT2D eigenvalue weighted by Gasteiger charge is -2.24. The molecule has 0 aliphatic heterocycles. The number of nitrogens with two attached hydrogens (primary N) is 1. The van der Waals surface area contributed by atoms with E-state index in [0.717, 1.165) is 17.9 Å². The number of thioether (sulfide) groups is 1. The van der Waals surface area contributed by atoms with Crippen molar-refractivity contribution in [3.8, 4) is 0 Å². The predicted molar refractivity (Wildman–Crippen MR) is 76.6 cm³/mol. The fourth-order valence-corrected chi connectivity index (χ4v) is 1.70. The largest absolute Gasteiger partial charge is 0.383 e. The summed E-state index contributed by atoms with van der Waals surface area (Å²) in [6.07, 6.45) is 3.62. The zero-order valence-corrected chi connectivity index (χ0v) is 12.1. The Bertz CT molecular complexity index is 377. The van der Waals surface area contributed by atoms with Crippen LogP contribution in [0, 0.1) is 0 Å². The normalized spacial score (nSPS) is 11.9. The Hall–Kier alpha value is -0.970. The highest BCUT2D eigenvalue weighted by atomic mass is 32.2. The maximum atomic E-state index is 5.90. The summed E-state index contributed by atoms with van der Waals surface area (Å²) >= 11 is 1.83. The van der Waals surface area contributed by atoms with Crippen LogP contribution >= 0.6 is 11.8 Å². The molecular formula is C12H22N4S. The van der Waals surface area contributed by atoms with E-state index in [1.54, 1.807) is 0 Å². The van der Waals surface area contributed by atoms with E-state index in [9.17, 15) is 0 Å². The number of aromatic nitrogens is 2. The van der Waals surface area contributed by atoms with E-state index in [4.69, 9.17) is 5.73 Å². The average molecular weight is 254 g/mol. The van der Waals surface area contributed by atoms with Crippen LogP contribution in [0.25, 0.3) is 0 Å². The minimum atomic E-state index is 0.175. The highest BCUT2D eigenvalue weighted by Gasteiger charge is 2.18. The second kappa shape index (κ2) is 5.58. The summed E-state index contributed by atoms with van der Waals surface area (Å²) in [5.74, 6) is 1.74. The molecule has 0 atom stereocenters. The van der Waals surface area contributed by atoms with Gasteiger partial charge in [-0.25, -0.2) is 9.97 Å². The summed E-state index contributed by atoms with van der Waals surface area (Å²) < 4.78 is 0.175. The lowest BCUT2D eigenvalue weighted by molar-refractivity contribution is 0.745. The first-order chi connectivity index (χ1) is 7.87. The fraction of sp³-hybridized carbons (Fsp3) is 0.667. The van der Waals surface area contributed by atoms with E-state index in [0.29, 0.717) is 11.7 Å². The molecule has 0 radical (unpaired) electrons. The van der Waals surface area contributed by atoms with Gasteiger partial charge in [0.05, 0.1) is 0 Å². The molecule has 0 fully saturated rings. The molecule has 1 rings (SSSR count). The van der Waals surface area contributed by atoms with Gasteiger partial charge in [0.25, 0.3) is 0 Å². The quantitative estimate of drug-likeness (QED) is 0.846. The Morgan fingerprint density at radius 3 is 2.59 bits per heavy atom. The molecule has 17 heavy (non-hydrogen) atoms. The molecule has 1 aromatic rings. The molecule has 0 aromatic carbocycles. The minimum absolute atomic E-state index is 0.175.